The van der Waals surface area contributed by atoms with Crippen molar-refractivity contribution in [2.45, 2.75) is 12.2 Å². The summed E-state index contributed by atoms with van der Waals surface area (Å²) in [7, 11) is 0. The summed E-state index contributed by atoms with van der Waals surface area (Å²) in [6, 6.07) is 5.53. The molecule has 1 aromatic carbocycles. The normalized spacial score (nSPS) is 19.4. The molecule has 1 fully saturated rings. The summed E-state index contributed by atoms with van der Waals surface area (Å²) >= 11 is 3.29. The number of benzene rings is 1. The Balaban J connectivity index is 1.57. The van der Waals surface area contributed by atoms with Crippen molar-refractivity contribution in [2.75, 3.05) is 25.0 Å². The fraction of sp³-hybridized carbons (Fsp3) is 0.278. The Hall–Kier alpha value is -2.82. The lowest BCUT2D eigenvalue weighted by Crippen LogP contribution is -2.59. The number of fused-ring (bicyclic) bond motifs is 2. The Morgan fingerprint density at radius 1 is 1.17 bits per heavy atom. The molecule has 152 valence electrons. The number of hydrogen-bond acceptors (Lipinski definition) is 4. The van der Waals surface area contributed by atoms with Gasteiger partial charge in [0.05, 0.1) is 17.8 Å². The highest BCUT2D eigenvalue weighted by atomic mass is 79.9. The second kappa shape index (κ2) is 6.90. The van der Waals surface area contributed by atoms with E-state index in [1.807, 2.05) is 0 Å². The fourth-order valence-corrected chi connectivity index (χ4v) is 3.73. The van der Waals surface area contributed by atoms with Crippen LogP contribution in [-0.2, 0) is 11.0 Å². The van der Waals surface area contributed by atoms with Gasteiger partial charge in [0.1, 0.15) is 6.04 Å². The highest BCUT2D eigenvalue weighted by Crippen LogP contribution is 2.32. The number of nitrogens with zero attached hydrogens (tertiary/aromatic N) is 2. The van der Waals surface area contributed by atoms with Gasteiger partial charge >= 0.3 is 6.18 Å². The minimum atomic E-state index is -4.70. The van der Waals surface area contributed by atoms with E-state index in [1.165, 1.54) is 9.80 Å². The van der Waals surface area contributed by atoms with E-state index in [1.54, 1.807) is 18.2 Å². The first-order chi connectivity index (χ1) is 13.6. The first-order valence-corrected chi connectivity index (χ1v) is 9.32. The number of alkyl halides is 3. The molecule has 7 nitrogen and oxygen atoms in total. The van der Waals surface area contributed by atoms with Gasteiger partial charge in [-0.1, -0.05) is 15.9 Å². The van der Waals surface area contributed by atoms with Gasteiger partial charge in [0, 0.05) is 17.6 Å². The Labute approximate surface area is 170 Å². The van der Waals surface area contributed by atoms with E-state index < -0.39 is 35.6 Å². The SMILES string of the molecule is O=C1Nc2ccc(Br)cc2C(=O)N2CCN(C(=O)c3ccc(C(F)(F)F)o3)CC12. The maximum Gasteiger partial charge on any atom is 0.449 e. The van der Waals surface area contributed by atoms with Crippen LogP contribution in [-0.4, -0.2) is 53.2 Å². The molecule has 0 bridgehead atoms. The highest BCUT2D eigenvalue weighted by molar-refractivity contribution is 9.10. The molecule has 4 rings (SSSR count). The van der Waals surface area contributed by atoms with Gasteiger partial charge in [-0.05, 0) is 30.3 Å². The highest BCUT2D eigenvalue weighted by Gasteiger charge is 2.41. The minimum absolute atomic E-state index is 0.0553. The van der Waals surface area contributed by atoms with Crippen LogP contribution < -0.4 is 5.32 Å². The zero-order chi connectivity index (χ0) is 20.9. The third kappa shape index (κ3) is 3.50. The third-order valence-corrected chi connectivity index (χ3v) is 5.29. The van der Waals surface area contributed by atoms with E-state index in [-0.39, 0.29) is 25.5 Å². The van der Waals surface area contributed by atoms with E-state index >= 15 is 0 Å². The molecule has 0 spiro atoms. The molecule has 1 N–H and O–H groups in total. The molecule has 0 radical (unpaired) electrons. The average molecular weight is 472 g/mol. The van der Waals surface area contributed by atoms with Crippen molar-refractivity contribution in [3.63, 3.8) is 0 Å². The van der Waals surface area contributed by atoms with E-state index in [0.29, 0.717) is 21.8 Å². The number of amides is 3. The van der Waals surface area contributed by atoms with Gasteiger partial charge in [-0.25, -0.2) is 0 Å². The maximum absolute atomic E-state index is 12.9. The van der Waals surface area contributed by atoms with Crippen LogP contribution in [0.4, 0.5) is 18.9 Å². The fourth-order valence-electron chi connectivity index (χ4n) is 3.37. The van der Waals surface area contributed by atoms with Gasteiger partial charge in [-0.3, -0.25) is 14.4 Å². The first-order valence-electron chi connectivity index (χ1n) is 8.53. The lowest BCUT2D eigenvalue weighted by molar-refractivity contribution is -0.153. The van der Waals surface area contributed by atoms with E-state index in [0.717, 1.165) is 6.07 Å². The smallest absolute Gasteiger partial charge is 0.446 e. The van der Waals surface area contributed by atoms with Gasteiger partial charge in [0.2, 0.25) is 11.7 Å². The number of piperazine rings is 1. The van der Waals surface area contributed by atoms with Crippen molar-refractivity contribution in [2.24, 2.45) is 0 Å². The lowest BCUT2D eigenvalue weighted by atomic mass is 10.1. The molecule has 0 aliphatic carbocycles. The number of halogens is 4. The summed E-state index contributed by atoms with van der Waals surface area (Å²) in [5, 5.41) is 2.67. The van der Waals surface area contributed by atoms with Crippen molar-refractivity contribution in [3.05, 3.63) is 51.9 Å². The summed E-state index contributed by atoms with van der Waals surface area (Å²) in [6.07, 6.45) is -4.70. The predicted octanol–water partition coefficient (Wildman–Crippen LogP) is 2.98. The molecule has 2 aliphatic heterocycles. The van der Waals surface area contributed by atoms with Gasteiger partial charge < -0.3 is 19.5 Å². The molecular weight excluding hydrogens is 459 g/mol. The van der Waals surface area contributed by atoms with E-state index in [4.69, 9.17) is 0 Å². The van der Waals surface area contributed by atoms with Crippen LogP contribution in [0.25, 0.3) is 0 Å². The predicted molar refractivity (Wildman–Crippen MR) is 97.2 cm³/mol. The standard InChI is InChI=1S/C18H13BrF3N3O4/c19-9-1-2-11-10(7-9)16(27)25-6-5-24(8-12(25)15(26)23-11)17(28)13-3-4-14(29-13)18(20,21)22/h1-4,7,12H,5-6,8H2,(H,23,26). The first kappa shape index (κ1) is 19.5. The van der Waals surface area contributed by atoms with Crippen molar-refractivity contribution in [1.82, 2.24) is 9.80 Å². The topological polar surface area (TPSA) is 82.9 Å². The molecule has 0 saturated carbocycles. The van der Waals surface area contributed by atoms with E-state index in [2.05, 4.69) is 25.7 Å². The number of furan rings is 1. The second-order valence-electron chi connectivity index (χ2n) is 6.61. The molecule has 1 saturated heterocycles. The molecule has 11 heteroatoms. The molecule has 29 heavy (non-hydrogen) atoms. The van der Waals surface area contributed by atoms with Crippen molar-refractivity contribution in [1.29, 1.82) is 0 Å². The quantitative estimate of drug-likeness (QED) is 0.692. The number of rotatable bonds is 1. The van der Waals surface area contributed by atoms with E-state index in [9.17, 15) is 27.6 Å². The van der Waals surface area contributed by atoms with Crippen molar-refractivity contribution in [3.8, 4) is 0 Å². The maximum atomic E-state index is 12.9. The summed E-state index contributed by atoms with van der Waals surface area (Å²) in [5.41, 5.74) is 0.673. The van der Waals surface area contributed by atoms with Gasteiger partial charge in [0.25, 0.3) is 11.8 Å². The number of carbonyl (C=O) groups excluding carboxylic acids is 3. The summed E-state index contributed by atoms with van der Waals surface area (Å²) in [4.78, 5) is 40.7. The molecule has 1 unspecified atom stereocenters. The van der Waals surface area contributed by atoms with Crippen LogP contribution in [0, 0.1) is 0 Å². The Bertz CT molecular complexity index is 1020. The minimum Gasteiger partial charge on any atom is -0.446 e. The van der Waals surface area contributed by atoms with Crippen LogP contribution in [0.2, 0.25) is 0 Å². The number of anilines is 1. The van der Waals surface area contributed by atoms with Crippen LogP contribution in [0.1, 0.15) is 26.7 Å². The number of nitrogens with one attached hydrogen (secondary N) is 1. The molecular formula is C18H13BrF3N3O4. The van der Waals surface area contributed by atoms with Gasteiger partial charge in [0.15, 0.2) is 5.76 Å². The van der Waals surface area contributed by atoms with Crippen molar-refractivity contribution < 1.29 is 32.0 Å². The molecule has 1 aromatic heterocycles. The molecule has 3 heterocycles. The Kier molecular flexibility index (Phi) is 4.64. The zero-order valence-electron chi connectivity index (χ0n) is 14.6. The average Bonchev–Trinajstić information content (AvgIpc) is 3.15. The Morgan fingerprint density at radius 3 is 2.62 bits per heavy atom. The zero-order valence-corrected chi connectivity index (χ0v) is 16.2. The summed E-state index contributed by atoms with van der Waals surface area (Å²) in [6.45, 7) is -0.0468. The summed E-state index contributed by atoms with van der Waals surface area (Å²) in [5.74, 6) is -3.37. The third-order valence-electron chi connectivity index (χ3n) is 4.80. The largest absolute Gasteiger partial charge is 0.449 e. The van der Waals surface area contributed by atoms with Crippen LogP contribution in [0.15, 0.2) is 39.2 Å². The second-order valence-corrected chi connectivity index (χ2v) is 7.52. The monoisotopic (exact) mass is 471 g/mol. The summed E-state index contributed by atoms with van der Waals surface area (Å²) < 4.78 is 43.4. The van der Waals surface area contributed by atoms with Crippen LogP contribution >= 0.6 is 15.9 Å². The lowest BCUT2D eigenvalue weighted by Gasteiger charge is -2.38. The molecule has 2 aromatic rings. The number of carbonyl (C=O) groups is 3. The van der Waals surface area contributed by atoms with Crippen molar-refractivity contribution >= 4 is 39.3 Å². The Morgan fingerprint density at radius 2 is 1.93 bits per heavy atom. The molecule has 1 atom stereocenters. The number of hydrogen-bond donors (Lipinski definition) is 1. The van der Waals surface area contributed by atoms with Crippen LogP contribution in [0.5, 0.6) is 0 Å². The van der Waals surface area contributed by atoms with Gasteiger partial charge in [-0.15, -0.1) is 0 Å². The molecule has 3 amide bonds. The molecule has 2 aliphatic rings. The van der Waals surface area contributed by atoms with Gasteiger partial charge in [-0.2, -0.15) is 13.2 Å². The van der Waals surface area contributed by atoms with Crippen LogP contribution in [0.3, 0.4) is 0 Å².